The van der Waals surface area contributed by atoms with Gasteiger partial charge in [-0.2, -0.15) is 0 Å². The van der Waals surface area contributed by atoms with Crippen LogP contribution in [0.5, 0.6) is 0 Å². The molecule has 2 aromatic heterocycles. The maximum Gasteiger partial charge on any atom is 0.186 e. The van der Waals surface area contributed by atoms with Gasteiger partial charge in [0.25, 0.3) is 0 Å². The molecule has 0 radical (unpaired) electrons. The van der Waals surface area contributed by atoms with Gasteiger partial charge in [-0.1, -0.05) is 6.07 Å². The van der Waals surface area contributed by atoms with Crippen LogP contribution in [0.3, 0.4) is 0 Å². The van der Waals surface area contributed by atoms with Crippen LogP contribution < -0.4 is 10.2 Å². The van der Waals surface area contributed by atoms with Crippen molar-refractivity contribution in [3.8, 4) is 11.3 Å². The van der Waals surface area contributed by atoms with E-state index in [9.17, 15) is 4.39 Å². The summed E-state index contributed by atoms with van der Waals surface area (Å²) in [5.41, 5.74) is 1.77. The summed E-state index contributed by atoms with van der Waals surface area (Å²) in [7, 11) is 0. The first-order valence-electron chi connectivity index (χ1n) is 9.62. The largest absolute Gasteiger partial charge is 0.371 e. The molecule has 0 spiro atoms. The standard InChI is InChI=1S/C21H21FN4O2S/c22-15-6-4-14(5-7-15)17-13-29-21(25-17)26-9-18-19(10-26)28-12-16(11-27-18)24-20-3-1-2-8-23-20/h1-8,13,16,18-19H,9-12H2,(H,23,24)/t18-,19-/m0/s1. The Morgan fingerprint density at radius 2 is 1.79 bits per heavy atom. The van der Waals surface area contributed by atoms with E-state index in [0.29, 0.717) is 13.2 Å². The maximum absolute atomic E-state index is 13.1. The zero-order chi connectivity index (χ0) is 19.6. The lowest BCUT2D eigenvalue weighted by atomic mass is 10.2. The highest BCUT2D eigenvalue weighted by atomic mass is 32.1. The summed E-state index contributed by atoms with van der Waals surface area (Å²) < 4.78 is 25.4. The molecule has 2 atom stereocenters. The van der Waals surface area contributed by atoms with E-state index in [-0.39, 0.29) is 24.1 Å². The molecule has 4 heterocycles. The van der Waals surface area contributed by atoms with Gasteiger partial charge in [-0.15, -0.1) is 11.3 Å². The first-order valence-corrected chi connectivity index (χ1v) is 10.5. The Bertz CT molecular complexity index is 937. The lowest BCUT2D eigenvalue weighted by molar-refractivity contribution is -0.00461. The predicted octanol–water partition coefficient (Wildman–Crippen LogP) is 3.43. The molecule has 3 aromatic rings. The first-order chi connectivity index (χ1) is 14.2. The van der Waals surface area contributed by atoms with Crippen LogP contribution in [0.2, 0.25) is 0 Å². The zero-order valence-corrected chi connectivity index (χ0v) is 16.5. The molecule has 6 nitrogen and oxygen atoms in total. The number of nitrogens with one attached hydrogen (secondary N) is 1. The third-order valence-corrected chi connectivity index (χ3v) is 6.06. The zero-order valence-electron chi connectivity index (χ0n) is 15.7. The number of pyridine rings is 1. The monoisotopic (exact) mass is 412 g/mol. The summed E-state index contributed by atoms with van der Waals surface area (Å²) >= 11 is 1.59. The smallest absolute Gasteiger partial charge is 0.186 e. The molecule has 1 N–H and O–H groups in total. The van der Waals surface area contributed by atoms with Crippen LogP contribution in [0.25, 0.3) is 11.3 Å². The van der Waals surface area contributed by atoms with Crippen molar-refractivity contribution in [3.05, 3.63) is 59.9 Å². The Kier molecular flexibility index (Phi) is 5.13. The van der Waals surface area contributed by atoms with Gasteiger partial charge in [0.05, 0.1) is 24.9 Å². The number of thiazole rings is 1. The topological polar surface area (TPSA) is 59.5 Å². The normalized spacial score (nSPS) is 22.3. The lowest BCUT2D eigenvalue weighted by Crippen LogP contribution is -2.31. The van der Waals surface area contributed by atoms with Crippen molar-refractivity contribution in [1.29, 1.82) is 0 Å². The molecular weight excluding hydrogens is 391 g/mol. The van der Waals surface area contributed by atoms with Gasteiger partial charge in [0.1, 0.15) is 23.8 Å². The van der Waals surface area contributed by atoms with Gasteiger partial charge in [-0.05, 0) is 36.4 Å². The summed E-state index contributed by atoms with van der Waals surface area (Å²) in [5, 5.41) is 6.31. The number of hydrogen-bond donors (Lipinski definition) is 1. The average molecular weight is 412 g/mol. The van der Waals surface area contributed by atoms with Crippen LogP contribution in [0.15, 0.2) is 54.0 Å². The second-order valence-electron chi connectivity index (χ2n) is 7.23. The number of rotatable bonds is 4. The number of aromatic nitrogens is 2. The van der Waals surface area contributed by atoms with Crippen molar-refractivity contribution < 1.29 is 13.9 Å². The molecule has 0 aliphatic carbocycles. The Morgan fingerprint density at radius 1 is 1.03 bits per heavy atom. The number of benzene rings is 1. The molecule has 150 valence electrons. The van der Waals surface area contributed by atoms with Gasteiger partial charge in [-0.25, -0.2) is 14.4 Å². The number of fused-ring (bicyclic) bond motifs is 1. The van der Waals surface area contributed by atoms with E-state index in [1.54, 1.807) is 29.7 Å². The fourth-order valence-corrected chi connectivity index (χ4v) is 4.51. The fourth-order valence-electron chi connectivity index (χ4n) is 3.65. The highest BCUT2D eigenvalue weighted by Crippen LogP contribution is 2.31. The van der Waals surface area contributed by atoms with E-state index in [1.165, 1.54) is 12.1 Å². The van der Waals surface area contributed by atoms with Crippen molar-refractivity contribution in [2.45, 2.75) is 18.2 Å². The number of anilines is 2. The molecule has 2 aliphatic heterocycles. The molecule has 1 aromatic carbocycles. The minimum absolute atomic E-state index is 0.0173. The summed E-state index contributed by atoms with van der Waals surface area (Å²) in [4.78, 5) is 11.2. The van der Waals surface area contributed by atoms with E-state index in [1.807, 2.05) is 23.6 Å². The third-order valence-electron chi connectivity index (χ3n) is 5.16. The van der Waals surface area contributed by atoms with Crippen molar-refractivity contribution in [3.63, 3.8) is 0 Å². The molecular formula is C21H21FN4O2S. The van der Waals surface area contributed by atoms with Crippen LogP contribution in [0.4, 0.5) is 15.3 Å². The van der Waals surface area contributed by atoms with Gasteiger partial charge in [0.2, 0.25) is 0 Å². The molecule has 2 fully saturated rings. The number of halogens is 1. The van der Waals surface area contributed by atoms with Gasteiger partial charge in [0, 0.05) is 30.2 Å². The number of ether oxygens (including phenoxy) is 2. The van der Waals surface area contributed by atoms with Crippen molar-refractivity contribution in [2.24, 2.45) is 0 Å². The van der Waals surface area contributed by atoms with Crippen LogP contribution in [0, 0.1) is 5.82 Å². The summed E-state index contributed by atoms with van der Waals surface area (Å²) in [6.07, 6.45) is 1.80. The van der Waals surface area contributed by atoms with Crippen molar-refractivity contribution in [2.75, 3.05) is 36.5 Å². The lowest BCUT2D eigenvalue weighted by Gasteiger charge is -2.19. The second-order valence-corrected chi connectivity index (χ2v) is 8.06. The molecule has 5 rings (SSSR count). The molecule has 0 amide bonds. The Labute approximate surface area is 172 Å². The van der Waals surface area contributed by atoms with Crippen LogP contribution in [0.1, 0.15) is 0 Å². The third kappa shape index (κ3) is 4.10. The molecule has 0 saturated carbocycles. The Balaban J connectivity index is 1.21. The molecule has 2 saturated heterocycles. The Morgan fingerprint density at radius 3 is 2.48 bits per heavy atom. The second kappa shape index (κ2) is 8.06. The summed E-state index contributed by atoms with van der Waals surface area (Å²) in [6.45, 7) is 2.64. The van der Waals surface area contributed by atoms with Gasteiger partial charge >= 0.3 is 0 Å². The first kappa shape index (κ1) is 18.5. The minimum Gasteiger partial charge on any atom is -0.371 e. The SMILES string of the molecule is Fc1ccc(-c2csc(N3C[C@@H]4OCC(Nc5ccccn5)CO[C@H]4C3)n2)cc1. The summed E-state index contributed by atoms with van der Waals surface area (Å²) in [6, 6.07) is 12.3. The van der Waals surface area contributed by atoms with Crippen molar-refractivity contribution in [1.82, 2.24) is 9.97 Å². The Hall–Kier alpha value is -2.55. The molecule has 8 heteroatoms. The highest BCUT2D eigenvalue weighted by Gasteiger charge is 2.38. The van der Waals surface area contributed by atoms with E-state index >= 15 is 0 Å². The van der Waals surface area contributed by atoms with Crippen LogP contribution >= 0.6 is 11.3 Å². The van der Waals surface area contributed by atoms with Gasteiger partial charge in [-0.3, -0.25) is 0 Å². The van der Waals surface area contributed by atoms with Crippen molar-refractivity contribution >= 4 is 22.3 Å². The summed E-state index contributed by atoms with van der Waals surface area (Å²) in [5.74, 6) is 0.587. The number of hydrogen-bond acceptors (Lipinski definition) is 7. The van der Waals surface area contributed by atoms with E-state index in [4.69, 9.17) is 14.5 Å². The molecule has 2 aliphatic rings. The fraction of sp³-hybridized carbons (Fsp3) is 0.333. The molecule has 0 unspecified atom stereocenters. The quantitative estimate of drug-likeness (QED) is 0.709. The number of nitrogens with zero attached hydrogens (tertiary/aromatic N) is 3. The van der Waals surface area contributed by atoms with Gasteiger partial charge < -0.3 is 19.7 Å². The average Bonchev–Trinajstić information content (AvgIpc) is 3.35. The molecule has 0 bridgehead atoms. The van der Waals surface area contributed by atoms with Gasteiger partial charge in [0.15, 0.2) is 5.13 Å². The van der Waals surface area contributed by atoms with Crippen LogP contribution in [-0.2, 0) is 9.47 Å². The minimum atomic E-state index is -0.242. The predicted molar refractivity (Wildman–Crippen MR) is 111 cm³/mol. The van der Waals surface area contributed by atoms with E-state index in [0.717, 1.165) is 35.3 Å². The van der Waals surface area contributed by atoms with E-state index < -0.39 is 0 Å². The highest BCUT2D eigenvalue weighted by molar-refractivity contribution is 7.14. The van der Waals surface area contributed by atoms with Crippen LogP contribution in [-0.4, -0.2) is 54.5 Å². The molecule has 29 heavy (non-hydrogen) atoms. The maximum atomic E-state index is 13.1. The van der Waals surface area contributed by atoms with E-state index in [2.05, 4.69) is 15.2 Å².